The summed E-state index contributed by atoms with van der Waals surface area (Å²) < 4.78 is 262. The summed E-state index contributed by atoms with van der Waals surface area (Å²) in [5, 5.41) is 18.5. The molecule has 0 aliphatic carbocycles. The Morgan fingerprint density at radius 3 is 1.68 bits per heavy atom. The largest absolute Gasteiger partial charge is 0.494 e. The lowest BCUT2D eigenvalue weighted by Crippen LogP contribution is -2.53. The van der Waals surface area contributed by atoms with Gasteiger partial charge in [0.15, 0.2) is 0 Å². The predicted octanol–water partition coefficient (Wildman–Crippen LogP) is 18.7. The minimum absolute atomic E-state index is 0.0180. The summed E-state index contributed by atoms with van der Waals surface area (Å²) in [6.07, 6.45) is -24.1. The molecular formula is C77H69ClF15N5O9S2. The van der Waals surface area contributed by atoms with Crippen LogP contribution in [0.15, 0.2) is 240 Å². The fourth-order valence-corrected chi connectivity index (χ4v) is 14.5. The standard InChI is InChI=1S/C33H31ClF3NO3.C27H26F3N3O3S.C17H12F9NO3S/c34-32-27(15-8-17-30(32)33(35,36)37)22-38(18-9-19-41-28-16-7-10-24(20-28)21-31(39)40)23-29(25-11-3-1-4-12-25)26-13-5-2-6-14-26;1-3-18-17-32-26-23(11-6-12-24(26)27(28,29)30)25(18)19-7-4-8-20(15-19)36-21-9-5-10-22(16-21)37(34,35)33(2)14-13-31;18-14(19,20)10-27(31(29,30)13-4-2-1-3-5-13)12-8-6-11(7-9-12)15(28,16(21,22)23)17(24,25)26/h1-8,10-17,20,29H,9,18-19,21-23H2,(H,39,40);4-12,15-17H,3,13-14,31H2,1-2H3;1-9,28H,10H2. The first-order valence-electron chi connectivity index (χ1n) is 32.9. The highest BCUT2D eigenvalue weighted by molar-refractivity contribution is 7.92. The van der Waals surface area contributed by atoms with Crippen LogP contribution in [0.3, 0.4) is 0 Å². The highest BCUT2D eigenvalue weighted by Gasteiger charge is 2.71. The van der Waals surface area contributed by atoms with Crippen molar-refractivity contribution in [2.24, 2.45) is 5.73 Å². The average molecular weight is 1590 g/mol. The normalized spacial score (nSPS) is 12.5. The lowest BCUT2D eigenvalue weighted by molar-refractivity contribution is -0.376. The number of aliphatic hydroxyl groups is 1. The first-order valence-corrected chi connectivity index (χ1v) is 36.2. The van der Waals surface area contributed by atoms with Gasteiger partial charge in [0.2, 0.25) is 10.0 Å². The van der Waals surface area contributed by atoms with Crippen molar-refractivity contribution in [2.45, 2.75) is 84.9 Å². The smallest absolute Gasteiger partial charge is 0.430 e. The molecule has 1 aromatic heterocycles. The number of aliphatic carboxylic acids is 1. The van der Waals surface area contributed by atoms with E-state index in [1.807, 2.05) is 43.3 Å². The number of sulfonamides is 2. The third kappa shape index (κ3) is 21.8. The number of pyridine rings is 1. The van der Waals surface area contributed by atoms with Crippen molar-refractivity contribution in [3.05, 3.63) is 280 Å². The van der Waals surface area contributed by atoms with E-state index in [1.54, 1.807) is 72.8 Å². The number of benzene rings is 9. The molecule has 0 radical (unpaired) electrons. The Labute approximate surface area is 622 Å². The summed E-state index contributed by atoms with van der Waals surface area (Å²) in [5.41, 5.74) is 1.16. The van der Waals surface area contributed by atoms with Crippen LogP contribution in [0, 0.1) is 0 Å². The molecule has 0 saturated carbocycles. The third-order valence-electron chi connectivity index (χ3n) is 16.8. The molecule has 10 rings (SSSR count). The lowest BCUT2D eigenvalue weighted by atomic mass is 9.90. The van der Waals surface area contributed by atoms with Crippen LogP contribution < -0.4 is 19.5 Å². The molecule has 0 bridgehead atoms. The summed E-state index contributed by atoms with van der Waals surface area (Å²) in [5.74, 6) is 0.339. The van der Waals surface area contributed by atoms with E-state index < -0.39 is 96.3 Å². The SMILES string of the molecule is CCc1cnc2c(C(F)(F)F)cccc2c1-c1cccc(Oc2cccc(S(=O)(=O)N(C)CCN)c2)c1.O=C(O)Cc1cccc(OCCCN(Cc2cccc(C(F)(F)F)c2Cl)CC(c2ccccc2)c2ccccc2)c1.O=S(=O)(c1ccccc1)N(CC(F)(F)F)c1ccc(C(O)(C(F)(F)F)C(F)(F)F)cc1. The Morgan fingerprint density at radius 2 is 1.12 bits per heavy atom. The van der Waals surface area contributed by atoms with Gasteiger partial charge in [-0.1, -0.05) is 164 Å². The van der Waals surface area contributed by atoms with E-state index >= 15 is 0 Å². The maximum absolute atomic E-state index is 13.6. The number of carboxylic acid groups (broad SMARTS) is 1. The summed E-state index contributed by atoms with van der Waals surface area (Å²) in [6.45, 7) is 1.84. The number of ether oxygens (including phenoxy) is 2. The maximum atomic E-state index is 13.6. The molecule has 0 atom stereocenters. The van der Waals surface area contributed by atoms with Crippen LogP contribution in [0.4, 0.5) is 71.5 Å². The number of halogens is 16. The summed E-state index contributed by atoms with van der Waals surface area (Å²) >= 11 is 6.29. The van der Waals surface area contributed by atoms with Crippen molar-refractivity contribution in [1.29, 1.82) is 0 Å². The summed E-state index contributed by atoms with van der Waals surface area (Å²) in [6, 6.07) is 54.5. The van der Waals surface area contributed by atoms with Crippen molar-refractivity contribution < 1.29 is 107 Å². The van der Waals surface area contributed by atoms with Crippen LogP contribution in [0.1, 0.15) is 63.8 Å². The number of fused-ring (bicyclic) bond motifs is 1. The van der Waals surface area contributed by atoms with E-state index in [-0.39, 0.29) is 63.8 Å². The molecule has 0 aliphatic heterocycles. The van der Waals surface area contributed by atoms with Gasteiger partial charge >= 0.3 is 36.9 Å². The zero-order chi connectivity index (χ0) is 79.9. The summed E-state index contributed by atoms with van der Waals surface area (Å²) in [7, 11) is -7.18. The number of alkyl halides is 15. The quantitative estimate of drug-likeness (QED) is 0.0344. The molecule has 10 aromatic rings. The Bertz CT molecular complexity index is 4880. The van der Waals surface area contributed by atoms with E-state index in [9.17, 15) is 92.6 Å². The molecule has 32 heteroatoms. The van der Waals surface area contributed by atoms with Crippen molar-refractivity contribution in [1.82, 2.24) is 14.2 Å². The van der Waals surface area contributed by atoms with Crippen molar-refractivity contribution in [3.8, 4) is 28.4 Å². The number of hydrogen-bond donors (Lipinski definition) is 3. The fraction of sp³-hybridized carbons (Fsp3) is 0.247. The molecule has 580 valence electrons. The second kappa shape index (κ2) is 35.7. The van der Waals surface area contributed by atoms with Gasteiger partial charge in [-0.05, 0) is 125 Å². The number of anilines is 1. The van der Waals surface area contributed by atoms with Crippen LogP contribution in [0.2, 0.25) is 5.02 Å². The summed E-state index contributed by atoms with van der Waals surface area (Å²) in [4.78, 5) is 16.8. The predicted molar refractivity (Wildman–Crippen MR) is 381 cm³/mol. The number of nitrogens with two attached hydrogens (primary N) is 1. The zero-order valence-electron chi connectivity index (χ0n) is 57.6. The first-order chi connectivity index (χ1) is 51.2. The number of aryl methyl sites for hydroxylation is 1. The minimum Gasteiger partial charge on any atom is -0.494 e. The minimum atomic E-state index is -6.21. The molecule has 109 heavy (non-hydrogen) atoms. The Morgan fingerprint density at radius 1 is 0.587 bits per heavy atom. The molecule has 9 aromatic carbocycles. The van der Waals surface area contributed by atoms with Gasteiger partial charge in [0, 0.05) is 68.9 Å². The first kappa shape index (κ1) is 84.9. The second-order valence-electron chi connectivity index (χ2n) is 24.4. The van der Waals surface area contributed by atoms with Gasteiger partial charge in [-0.2, -0.15) is 70.2 Å². The van der Waals surface area contributed by atoms with Crippen molar-refractivity contribution >= 4 is 54.2 Å². The van der Waals surface area contributed by atoms with E-state index in [1.165, 1.54) is 60.0 Å². The van der Waals surface area contributed by atoms with Crippen LogP contribution in [0.25, 0.3) is 22.0 Å². The van der Waals surface area contributed by atoms with Gasteiger partial charge < -0.3 is 25.4 Å². The monoisotopic (exact) mass is 1590 g/mol. The maximum Gasteiger partial charge on any atom is 0.430 e. The lowest BCUT2D eigenvalue weighted by Gasteiger charge is -2.33. The molecule has 0 fully saturated rings. The Balaban J connectivity index is 0.000000208. The van der Waals surface area contributed by atoms with Gasteiger partial charge in [0.25, 0.3) is 15.6 Å². The van der Waals surface area contributed by atoms with Crippen LogP contribution in [-0.4, -0.2) is 112 Å². The van der Waals surface area contributed by atoms with Gasteiger partial charge in [-0.25, -0.2) is 16.8 Å². The molecule has 14 nitrogen and oxygen atoms in total. The molecule has 0 saturated heterocycles. The number of aromatic nitrogens is 1. The average Bonchev–Trinajstić information content (AvgIpc) is 0.748. The number of nitrogens with zero attached hydrogens (tertiary/aromatic N) is 4. The fourth-order valence-electron chi connectivity index (χ4n) is 11.5. The van der Waals surface area contributed by atoms with Gasteiger partial charge in [0.05, 0.1) is 50.2 Å². The molecular weight excluding hydrogens is 1520 g/mol. The Hall–Kier alpha value is -9.76. The topological polar surface area (TPSA) is 193 Å². The number of carboxylic acids is 1. The number of likely N-dealkylation sites (N-methyl/N-ethyl adjacent to an activating group) is 1. The number of rotatable bonds is 26. The number of carbonyl (C=O) groups is 1. The number of hydrogen-bond acceptors (Lipinski definition) is 11. The van der Waals surface area contributed by atoms with Crippen LogP contribution >= 0.6 is 11.6 Å². The highest BCUT2D eigenvalue weighted by Crippen LogP contribution is 2.51. The van der Waals surface area contributed by atoms with E-state index in [4.69, 9.17) is 31.9 Å². The van der Waals surface area contributed by atoms with E-state index in [0.717, 1.165) is 41.0 Å². The molecule has 0 amide bonds. The molecule has 0 unspecified atom stereocenters. The third-order valence-corrected chi connectivity index (χ3v) is 20.9. The van der Waals surface area contributed by atoms with Crippen molar-refractivity contribution in [3.63, 3.8) is 0 Å². The number of para-hydroxylation sites is 1. The van der Waals surface area contributed by atoms with E-state index in [2.05, 4.69) is 34.1 Å². The molecule has 0 spiro atoms. The second-order valence-corrected chi connectivity index (χ2v) is 28.7. The zero-order valence-corrected chi connectivity index (χ0v) is 60.0. The van der Waals surface area contributed by atoms with Gasteiger partial charge in [-0.15, -0.1) is 0 Å². The van der Waals surface area contributed by atoms with Gasteiger partial charge in [0.1, 0.15) is 23.8 Å². The molecule has 0 aliphatic rings. The molecule has 1 heterocycles. The van der Waals surface area contributed by atoms with Gasteiger partial charge in [-0.3, -0.25) is 19.0 Å². The molecule has 4 N–H and O–H groups in total. The Kier molecular flexibility index (Phi) is 27.8. The highest BCUT2D eigenvalue weighted by atomic mass is 35.5. The van der Waals surface area contributed by atoms with E-state index in [0.29, 0.717) is 89.6 Å². The van der Waals surface area contributed by atoms with Crippen LogP contribution in [0.5, 0.6) is 17.2 Å². The van der Waals surface area contributed by atoms with Crippen molar-refractivity contribution in [2.75, 3.05) is 50.7 Å². The van der Waals surface area contributed by atoms with Crippen LogP contribution in [-0.2, 0) is 62.2 Å².